The predicted octanol–water partition coefficient (Wildman–Crippen LogP) is 3.43. The largest absolute Gasteiger partial charge is 0.487 e. The summed E-state index contributed by atoms with van der Waals surface area (Å²) in [7, 11) is 0. The maximum atomic E-state index is 14.0. The van der Waals surface area contributed by atoms with Gasteiger partial charge in [0.25, 0.3) is 0 Å². The lowest BCUT2D eigenvalue weighted by Gasteiger charge is -2.28. The number of carbonyl (C=O) groups excluding carboxylic acids is 1. The highest BCUT2D eigenvalue weighted by Gasteiger charge is 2.22. The molecule has 24 heavy (non-hydrogen) atoms. The fraction of sp³-hybridized carbons (Fsp3) is 0.611. The molecule has 2 aliphatic rings. The Kier molecular flexibility index (Phi) is 5.56. The van der Waals surface area contributed by atoms with E-state index in [0.29, 0.717) is 11.6 Å². The first-order valence-electron chi connectivity index (χ1n) is 8.78. The molecule has 0 unspecified atom stereocenters. The number of aliphatic hydroxyl groups is 1. The van der Waals surface area contributed by atoms with Crippen LogP contribution in [0.2, 0.25) is 0 Å². The molecule has 0 aliphatic heterocycles. The Hall–Kier alpha value is -1.82. The Morgan fingerprint density at radius 1 is 1.21 bits per heavy atom. The van der Waals surface area contributed by atoms with Gasteiger partial charge in [-0.05, 0) is 63.0 Å². The molecule has 132 valence electrons. The van der Waals surface area contributed by atoms with Gasteiger partial charge in [0, 0.05) is 24.4 Å². The topological polar surface area (TPSA) is 70.6 Å². The minimum absolute atomic E-state index is 0.110. The monoisotopic (exact) mass is 336 g/mol. The quantitative estimate of drug-likeness (QED) is 0.771. The summed E-state index contributed by atoms with van der Waals surface area (Å²) in [6.07, 6.45) is 6.76. The number of aliphatic hydroxyl groups excluding tert-OH is 1. The molecule has 2 fully saturated rings. The zero-order valence-corrected chi connectivity index (χ0v) is 13.8. The lowest BCUT2D eigenvalue weighted by Crippen LogP contribution is -2.40. The summed E-state index contributed by atoms with van der Waals surface area (Å²) in [6.45, 7) is 0.216. The van der Waals surface area contributed by atoms with E-state index >= 15 is 0 Å². The second-order valence-electron chi connectivity index (χ2n) is 6.81. The van der Waals surface area contributed by atoms with Crippen LogP contribution in [-0.2, 0) is 0 Å². The van der Waals surface area contributed by atoms with E-state index < -0.39 is 5.82 Å². The van der Waals surface area contributed by atoms with Gasteiger partial charge >= 0.3 is 6.03 Å². The van der Waals surface area contributed by atoms with Gasteiger partial charge in [0.15, 0.2) is 11.6 Å². The van der Waals surface area contributed by atoms with Crippen molar-refractivity contribution in [1.29, 1.82) is 0 Å². The third-order valence-corrected chi connectivity index (χ3v) is 4.98. The van der Waals surface area contributed by atoms with Crippen molar-refractivity contribution in [3.63, 3.8) is 0 Å². The first-order chi connectivity index (χ1) is 11.6. The van der Waals surface area contributed by atoms with Crippen LogP contribution in [0.15, 0.2) is 18.2 Å². The molecule has 5 nitrogen and oxygen atoms in total. The number of hydrogen-bond donors (Lipinski definition) is 3. The molecule has 2 saturated carbocycles. The fourth-order valence-corrected chi connectivity index (χ4v) is 3.18. The minimum atomic E-state index is -0.455. The van der Waals surface area contributed by atoms with Crippen molar-refractivity contribution in [2.24, 2.45) is 5.92 Å². The van der Waals surface area contributed by atoms with Crippen LogP contribution in [0.1, 0.15) is 44.9 Å². The van der Waals surface area contributed by atoms with E-state index in [2.05, 4.69) is 10.6 Å². The highest BCUT2D eigenvalue weighted by molar-refractivity contribution is 5.89. The predicted molar refractivity (Wildman–Crippen MR) is 89.7 cm³/mol. The Bertz CT molecular complexity index is 569. The highest BCUT2D eigenvalue weighted by Crippen LogP contribution is 2.28. The molecule has 0 aromatic heterocycles. The summed E-state index contributed by atoms with van der Waals surface area (Å²) >= 11 is 0. The number of amides is 2. The van der Waals surface area contributed by atoms with Crippen LogP contribution >= 0.6 is 0 Å². The summed E-state index contributed by atoms with van der Waals surface area (Å²) in [6, 6.07) is 4.29. The normalized spacial score (nSPS) is 24.1. The third-order valence-electron chi connectivity index (χ3n) is 4.98. The van der Waals surface area contributed by atoms with Gasteiger partial charge in [0.1, 0.15) is 0 Å². The molecule has 0 spiro atoms. The van der Waals surface area contributed by atoms with E-state index in [4.69, 9.17) is 9.84 Å². The fourth-order valence-electron chi connectivity index (χ4n) is 3.18. The van der Waals surface area contributed by atoms with Crippen LogP contribution in [0.5, 0.6) is 5.75 Å². The van der Waals surface area contributed by atoms with Crippen LogP contribution < -0.4 is 15.4 Å². The molecule has 1 aromatic carbocycles. The molecule has 1 aromatic rings. The SMILES string of the molecule is O=C(Nc1ccc(OC2CCC2)c(F)c1)NC1CCC(CO)CC1. The number of urea groups is 1. The Morgan fingerprint density at radius 2 is 1.96 bits per heavy atom. The van der Waals surface area contributed by atoms with Crippen molar-refractivity contribution in [3.05, 3.63) is 24.0 Å². The summed E-state index contributed by atoms with van der Waals surface area (Å²) in [5, 5.41) is 14.7. The number of hydrogen-bond acceptors (Lipinski definition) is 3. The van der Waals surface area contributed by atoms with Crippen molar-refractivity contribution in [1.82, 2.24) is 5.32 Å². The van der Waals surface area contributed by atoms with Gasteiger partial charge in [0.2, 0.25) is 0 Å². The van der Waals surface area contributed by atoms with Gasteiger partial charge in [0.05, 0.1) is 6.10 Å². The number of benzene rings is 1. The lowest BCUT2D eigenvalue weighted by molar-refractivity contribution is 0.115. The maximum absolute atomic E-state index is 14.0. The van der Waals surface area contributed by atoms with Gasteiger partial charge in [-0.25, -0.2) is 9.18 Å². The number of rotatable bonds is 5. The molecule has 6 heteroatoms. The Balaban J connectivity index is 1.48. The lowest BCUT2D eigenvalue weighted by atomic mass is 9.87. The first kappa shape index (κ1) is 17.0. The van der Waals surface area contributed by atoms with Crippen LogP contribution in [0, 0.1) is 11.7 Å². The number of ether oxygens (including phenoxy) is 1. The number of anilines is 1. The van der Waals surface area contributed by atoms with E-state index in [1.807, 2.05) is 0 Å². The summed E-state index contributed by atoms with van der Waals surface area (Å²) < 4.78 is 19.6. The van der Waals surface area contributed by atoms with Gasteiger partial charge in [-0.2, -0.15) is 0 Å². The van der Waals surface area contributed by atoms with E-state index in [1.165, 1.54) is 6.07 Å². The zero-order chi connectivity index (χ0) is 16.9. The zero-order valence-electron chi connectivity index (χ0n) is 13.8. The molecule has 0 saturated heterocycles. The maximum Gasteiger partial charge on any atom is 0.319 e. The third kappa shape index (κ3) is 4.38. The number of carbonyl (C=O) groups is 1. The van der Waals surface area contributed by atoms with E-state index in [9.17, 15) is 9.18 Å². The Morgan fingerprint density at radius 3 is 2.54 bits per heavy atom. The second-order valence-corrected chi connectivity index (χ2v) is 6.81. The average Bonchev–Trinajstić information content (AvgIpc) is 2.53. The van der Waals surface area contributed by atoms with Crippen molar-refractivity contribution in [3.8, 4) is 5.75 Å². The highest BCUT2D eigenvalue weighted by atomic mass is 19.1. The Labute approximate surface area is 141 Å². The van der Waals surface area contributed by atoms with Gasteiger partial charge in [-0.15, -0.1) is 0 Å². The summed E-state index contributed by atoms with van der Waals surface area (Å²) in [4.78, 5) is 12.0. The molecule has 3 N–H and O–H groups in total. The van der Waals surface area contributed by atoms with Crippen LogP contribution in [0.3, 0.4) is 0 Å². The van der Waals surface area contributed by atoms with Gasteiger partial charge < -0.3 is 20.5 Å². The van der Waals surface area contributed by atoms with Gasteiger partial charge in [-0.1, -0.05) is 0 Å². The molecular weight excluding hydrogens is 311 g/mol. The van der Waals surface area contributed by atoms with E-state index in [-0.39, 0.29) is 30.5 Å². The van der Waals surface area contributed by atoms with Crippen molar-refractivity contribution in [2.75, 3.05) is 11.9 Å². The van der Waals surface area contributed by atoms with Crippen molar-refractivity contribution in [2.45, 2.75) is 57.1 Å². The minimum Gasteiger partial charge on any atom is -0.487 e. The molecular formula is C18H25FN2O3. The molecule has 2 aliphatic carbocycles. The van der Waals surface area contributed by atoms with Crippen LogP contribution in [0.25, 0.3) is 0 Å². The first-order valence-corrected chi connectivity index (χ1v) is 8.78. The number of nitrogens with one attached hydrogen (secondary N) is 2. The molecule has 3 rings (SSSR count). The van der Waals surface area contributed by atoms with Crippen molar-refractivity contribution >= 4 is 11.7 Å². The second kappa shape index (κ2) is 7.83. The summed E-state index contributed by atoms with van der Waals surface area (Å²) in [5.41, 5.74) is 0.412. The summed E-state index contributed by atoms with van der Waals surface area (Å²) in [5.74, 6) is 0.138. The molecule has 0 heterocycles. The van der Waals surface area contributed by atoms with E-state index in [1.54, 1.807) is 12.1 Å². The van der Waals surface area contributed by atoms with Gasteiger partial charge in [-0.3, -0.25) is 0 Å². The molecule has 2 amide bonds. The smallest absolute Gasteiger partial charge is 0.319 e. The molecule has 0 bridgehead atoms. The molecule has 0 radical (unpaired) electrons. The standard InChI is InChI=1S/C18H25FN2O3/c19-16-10-14(8-9-17(16)24-15-2-1-3-15)21-18(23)20-13-6-4-12(11-22)5-7-13/h8-10,12-13,15,22H,1-7,11H2,(H2,20,21,23). The van der Waals surface area contributed by atoms with Crippen LogP contribution in [-0.4, -0.2) is 29.9 Å². The van der Waals surface area contributed by atoms with E-state index in [0.717, 1.165) is 44.9 Å². The molecule has 0 atom stereocenters. The average molecular weight is 336 g/mol. The van der Waals surface area contributed by atoms with Crippen LogP contribution in [0.4, 0.5) is 14.9 Å². The van der Waals surface area contributed by atoms with Crippen molar-refractivity contribution < 1.29 is 19.0 Å². The number of halogens is 1.